The third-order valence-electron chi connectivity index (χ3n) is 10.6. The number of nitrogens with two attached hydrogens (primary N) is 1. The van der Waals surface area contributed by atoms with E-state index >= 15 is 0 Å². The van der Waals surface area contributed by atoms with Gasteiger partial charge < -0.3 is 30.2 Å². The summed E-state index contributed by atoms with van der Waals surface area (Å²) < 4.78 is 43.4. The van der Waals surface area contributed by atoms with Crippen LogP contribution in [0.5, 0.6) is 5.75 Å². The predicted molar refractivity (Wildman–Crippen MR) is 199 cm³/mol. The second-order valence-corrected chi connectivity index (χ2v) is 16.4. The molecule has 5 rings (SSSR count). The highest BCUT2D eigenvalue weighted by Crippen LogP contribution is 2.41. The van der Waals surface area contributed by atoms with Gasteiger partial charge in [-0.15, -0.1) is 0 Å². The van der Waals surface area contributed by atoms with Crippen molar-refractivity contribution in [3.05, 3.63) is 41.5 Å². The van der Waals surface area contributed by atoms with E-state index in [1.807, 2.05) is 18.2 Å². The minimum Gasteiger partial charge on any atom is -0.496 e. The summed E-state index contributed by atoms with van der Waals surface area (Å²) in [6, 6.07) is 8.29. The van der Waals surface area contributed by atoms with Crippen LogP contribution in [0.15, 0.2) is 30.3 Å². The van der Waals surface area contributed by atoms with Gasteiger partial charge in [-0.2, -0.15) is 0 Å². The number of ether oxygens (including phenoxy) is 3. The Balaban J connectivity index is 1.26. The van der Waals surface area contributed by atoms with Gasteiger partial charge in [0.25, 0.3) is 0 Å². The van der Waals surface area contributed by atoms with Crippen LogP contribution in [-0.2, 0) is 41.1 Å². The van der Waals surface area contributed by atoms with Crippen molar-refractivity contribution in [3.8, 4) is 5.75 Å². The molecule has 2 heterocycles. The van der Waals surface area contributed by atoms with Crippen molar-refractivity contribution in [1.29, 1.82) is 0 Å². The Morgan fingerprint density at radius 2 is 1.77 bits per heavy atom. The summed E-state index contributed by atoms with van der Waals surface area (Å²) in [5.41, 5.74) is 6.82. The molecule has 1 saturated carbocycles. The van der Waals surface area contributed by atoms with Crippen LogP contribution in [0.4, 0.5) is 9.59 Å². The van der Waals surface area contributed by atoms with Gasteiger partial charge in [0.05, 0.1) is 25.5 Å². The van der Waals surface area contributed by atoms with Gasteiger partial charge in [-0.05, 0) is 78.6 Å². The summed E-state index contributed by atoms with van der Waals surface area (Å²) in [7, 11) is -0.128. The molecule has 4 amide bonds. The van der Waals surface area contributed by atoms with Crippen LogP contribution in [0.2, 0.25) is 6.32 Å². The number of carbonyl (C=O) groups excluding carboxylic acids is 4. The Morgan fingerprint density at radius 3 is 2.50 bits per heavy atom. The molecule has 284 valence electrons. The molecular formula is C37H53BN4O9S. The number of fused-ring (bicyclic) bond motifs is 5. The van der Waals surface area contributed by atoms with E-state index in [1.54, 1.807) is 14.2 Å². The van der Waals surface area contributed by atoms with E-state index < -0.39 is 56.7 Å². The van der Waals surface area contributed by atoms with Gasteiger partial charge in [-0.25, -0.2) is 13.2 Å². The minimum absolute atomic E-state index is 0.0766. The van der Waals surface area contributed by atoms with Gasteiger partial charge in [0, 0.05) is 13.5 Å². The summed E-state index contributed by atoms with van der Waals surface area (Å²) in [4.78, 5) is 53.6. The highest BCUT2D eigenvalue weighted by molar-refractivity contribution is 7.91. The topological polar surface area (TPSA) is 183 Å². The molecule has 0 aromatic heterocycles. The first-order valence-electron chi connectivity index (χ1n) is 18.7. The zero-order valence-electron chi connectivity index (χ0n) is 30.5. The Hall–Kier alpha value is -3.85. The molecule has 1 saturated heterocycles. The quantitative estimate of drug-likeness (QED) is 0.187. The monoisotopic (exact) mass is 740 g/mol. The average Bonchev–Trinajstić information content (AvgIpc) is 3.91. The lowest BCUT2D eigenvalue weighted by Crippen LogP contribution is -2.53. The van der Waals surface area contributed by atoms with Gasteiger partial charge >= 0.3 is 6.09 Å². The van der Waals surface area contributed by atoms with E-state index in [4.69, 9.17) is 19.9 Å². The molecule has 0 spiro atoms. The number of alkyl carbamates (subject to hydrolysis) is 1. The van der Waals surface area contributed by atoms with E-state index in [1.165, 1.54) is 4.90 Å². The SMILES string of the molecule is COc1cc2ccc3cc2cc1CCCCCCOC(=O)N[C@@H](CCCCCCCBC(=O)NS(=O)(=O)C1CC1)C(=O)N1C[C@@]3(OC)C[C@H]1C(N)=O. The van der Waals surface area contributed by atoms with Gasteiger partial charge in [0.1, 0.15) is 23.4 Å². The zero-order valence-corrected chi connectivity index (χ0v) is 31.3. The van der Waals surface area contributed by atoms with Crippen LogP contribution >= 0.6 is 0 Å². The predicted octanol–water partition coefficient (Wildman–Crippen LogP) is 4.38. The van der Waals surface area contributed by atoms with Crippen molar-refractivity contribution in [1.82, 2.24) is 14.9 Å². The van der Waals surface area contributed by atoms with Crippen LogP contribution in [0.1, 0.15) is 94.6 Å². The molecule has 2 aliphatic heterocycles. The molecule has 2 aromatic rings. The molecule has 52 heavy (non-hydrogen) atoms. The lowest BCUT2D eigenvalue weighted by molar-refractivity contribution is -0.139. The first-order valence-corrected chi connectivity index (χ1v) is 20.2. The summed E-state index contributed by atoms with van der Waals surface area (Å²) in [5.74, 6) is -0.706. The van der Waals surface area contributed by atoms with Crippen LogP contribution in [0.25, 0.3) is 10.8 Å². The van der Waals surface area contributed by atoms with Gasteiger partial charge in [0.2, 0.25) is 29.1 Å². The number of sulfonamides is 1. The molecule has 3 atom stereocenters. The second kappa shape index (κ2) is 17.8. The third-order valence-corrected chi connectivity index (χ3v) is 12.5. The number of carbonyl (C=O) groups is 4. The van der Waals surface area contributed by atoms with Crippen molar-refractivity contribution >= 4 is 51.8 Å². The number of benzene rings is 2. The van der Waals surface area contributed by atoms with Crippen molar-refractivity contribution in [2.45, 2.75) is 119 Å². The van der Waals surface area contributed by atoms with Crippen LogP contribution in [0, 0.1) is 0 Å². The van der Waals surface area contributed by atoms with Crippen molar-refractivity contribution in [3.63, 3.8) is 0 Å². The van der Waals surface area contributed by atoms with Crippen LogP contribution in [-0.4, -0.2) is 89.0 Å². The number of unbranched alkanes of at least 4 members (excludes halogenated alkanes) is 4. The molecular weight excluding hydrogens is 687 g/mol. The fourth-order valence-electron chi connectivity index (χ4n) is 7.42. The van der Waals surface area contributed by atoms with E-state index in [2.05, 4.69) is 22.2 Å². The van der Waals surface area contributed by atoms with Gasteiger partial charge in [-0.1, -0.05) is 63.4 Å². The second-order valence-electron chi connectivity index (χ2n) is 14.4. The van der Waals surface area contributed by atoms with Gasteiger partial charge in [0.15, 0.2) is 5.81 Å². The molecule has 2 aromatic carbocycles. The molecule has 2 fully saturated rings. The standard InChI is InChI=1S/C37H53BN4O9S/c1-49-32-22-25-14-15-28-21-27(25)20-26(32)12-8-5-7-11-19-51-36(46)40-30(34(44)42-24-37(28,50-2)23-31(42)33(39)43)13-9-4-3-6-10-18-38-35(45)41-52(47,48)29-16-17-29/h14-15,20-22,29-31,38H,3-13,16-19,23-24H2,1-2H3,(H2,39,43)(H,40,46)(H,41,45)/t30-,31-,37-/m0/s1. The van der Waals surface area contributed by atoms with E-state index in [0.717, 1.165) is 79.0 Å². The maximum atomic E-state index is 14.3. The lowest BCUT2D eigenvalue weighted by atomic mass is 9.72. The van der Waals surface area contributed by atoms with Crippen LogP contribution < -0.4 is 20.5 Å². The van der Waals surface area contributed by atoms with E-state index in [0.29, 0.717) is 38.4 Å². The first-order chi connectivity index (χ1) is 25.0. The number of primary amides is 1. The van der Waals surface area contributed by atoms with E-state index in [9.17, 15) is 27.6 Å². The van der Waals surface area contributed by atoms with Crippen molar-refractivity contribution < 1.29 is 41.8 Å². The summed E-state index contributed by atoms with van der Waals surface area (Å²) in [5, 5.41) is 4.36. The van der Waals surface area contributed by atoms with E-state index in [-0.39, 0.29) is 26.9 Å². The number of hydrogen-bond acceptors (Lipinski definition) is 9. The summed E-state index contributed by atoms with van der Waals surface area (Å²) >= 11 is 0. The Labute approximate surface area is 307 Å². The number of rotatable bonds is 14. The number of cyclic esters (lactones) is 1. The third kappa shape index (κ3) is 9.97. The fraction of sp³-hybridized carbons (Fsp3) is 0.622. The number of hydrogen-bond donors (Lipinski definition) is 3. The summed E-state index contributed by atoms with van der Waals surface area (Å²) in [6.45, 7) is 0.298. The van der Waals surface area contributed by atoms with Gasteiger partial charge in [-0.3, -0.25) is 19.1 Å². The molecule has 1 aliphatic carbocycles. The molecule has 3 aliphatic rings. The molecule has 13 nitrogen and oxygen atoms in total. The highest BCUT2D eigenvalue weighted by atomic mass is 32.2. The smallest absolute Gasteiger partial charge is 0.407 e. The number of amides is 4. The molecule has 4 N–H and O–H groups in total. The normalized spacial score (nSPS) is 23.0. The summed E-state index contributed by atoms with van der Waals surface area (Å²) in [6.07, 6.45) is 9.74. The minimum atomic E-state index is -3.53. The Kier molecular flexibility index (Phi) is 13.5. The first kappa shape index (κ1) is 39.4. The average molecular weight is 741 g/mol. The number of methoxy groups -OCH3 is 2. The maximum Gasteiger partial charge on any atom is 0.407 e. The molecule has 5 bridgehead atoms. The number of nitrogens with one attached hydrogen (secondary N) is 2. The zero-order chi connectivity index (χ0) is 37.3. The van der Waals surface area contributed by atoms with Crippen molar-refractivity contribution in [2.75, 3.05) is 27.4 Å². The maximum absolute atomic E-state index is 14.3. The van der Waals surface area contributed by atoms with Crippen LogP contribution in [0.3, 0.4) is 0 Å². The lowest BCUT2D eigenvalue weighted by Gasteiger charge is -2.30. The molecule has 0 radical (unpaired) electrons. The number of nitrogens with zero attached hydrogens (tertiary/aromatic N) is 1. The Morgan fingerprint density at radius 1 is 1.02 bits per heavy atom. The largest absolute Gasteiger partial charge is 0.496 e. The van der Waals surface area contributed by atoms with Crippen molar-refractivity contribution in [2.24, 2.45) is 5.73 Å². The fourth-order valence-corrected chi connectivity index (χ4v) is 8.76. The highest BCUT2D eigenvalue weighted by Gasteiger charge is 2.51. The Bertz CT molecular complexity index is 1720. The molecule has 0 unspecified atom stereocenters. The molecule has 15 heteroatoms. The number of aryl methyl sites for hydroxylation is 1.